The number of carbonyl (C=O) groups excluding carboxylic acids is 1. The molecule has 0 bridgehead atoms. The summed E-state index contributed by atoms with van der Waals surface area (Å²) in [6.45, 7) is 2.59. The summed E-state index contributed by atoms with van der Waals surface area (Å²) in [5.41, 5.74) is 0. The lowest BCUT2D eigenvalue weighted by Gasteiger charge is -2.22. The number of hydrogen-bond acceptors (Lipinski definition) is 2. The summed E-state index contributed by atoms with van der Waals surface area (Å²) < 4.78 is 0.997. The molecule has 0 saturated heterocycles. The largest absolute Gasteiger partial charge is 0.330 e. The van der Waals surface area contributed by atoms with Crippen LogP contribution < -0.4 is 0 Å². The first-order valence-electron chi connectivity index (χ1n) is 3.37. The van der Waals surface area contributed by atoms with E-state index in [1.165, 1.54) is 6.92 Å². The van der Waals surface area contributed by atoms with Crippen molar-refractivity contribution in [1.82, 2.24) is 0 Å². The van der Waals surface area contributed by atoms with Gasteiger partial charge in [-0.3, -0.25) is 4.79 Å². The Morgan fingerprint density at radius 2 is 1.73 bits per heavy atom. The van der Waals surface area contributed by atoms with Crippen LogP contribution in [0.2, 0.25) is 0 Å². The molecule has 0 radical (unpaired) electrons. The van der Waals surface area contributed by atoms with E-state index >= 15 is 0 Å². The number of hydrogen-bond donors (Lipinski definition) is 1. The summed E-state index contributed by atoms with van der Waals surface area (Å²) in [5, 5.41) is 0. The third kappa shape index (κ3) is 37.6. The Labute approximate surface area is 83.1 Å². The van der Waals surface area contributed by atoms with Crippen LogP contribution in [0.1, 0.15) is 6.92 Å². The van der Waals surface area contributed by atoms with E-state index < -0.39 is 0 Å². The topological polar surface area (TPSA) is 17.1 Å². The zero-order chi connectivity index (χ0) is 9.49. The van der Waals surface area contributed by atoms with Gasteiger partial charge in [-0.2, -0.15) is 12.6 Å². The van der Waals surface area contributed by atoms with Gasteiger partial charge in [-0.1, -0.05) is 0 Å². The monoisotopic (exact) mass is 242 g/mol. The molecule has 0 fully saturated rings. The Bertz CT molecular complexity index is 107. The highest BCUT2D eigenvalue weighted by Crippen LogP contribution is 1.88. The predicted octanol–water partition coefficient (Wildman–Crippen LogP) is 1.55. The molecule has 68 valence electrons. The minimum atomic E-state index is -0.0208. The molecule has 0 rings (SSSR count). The van der Waals surface area contributed by atoms with Crippen molar-refractivity contribution < 1.29 is 9.28 Å². The minimum absolute atomic E-state index is 0.0208. The van der Waals surface area contributed by atoms with E-state index in [2.05, 4.69) is 49.7 Å². The summed E-state index contributed by atoms with van der Waals surface area (Å²) in [7, 11) is 6.49. The maximum Gasteiger partial charge on any atom is 0.194 e. The lowest BCUT2D eigenvalue weighted by atomic mass is 10.6. The van der Waals surface area contributed by atoms with Crippen molar-refractivity contribution in [1.29, 1.82) is 0 Å². The van der Waals surface area contributed by atoms with Crippen molar-refractivity contribution in [2.45, 2.75) is 6.92 Å². The fourth-order valence-electron chi connectivity index (χ4n) is 0.300. The smallest absolute Gasteiger partial charge is 0.194 e. The van der Waals surface area contributed by atoms with Crippen LogP contribution in [0.4, 0.5) is 0 Å². The number of thiol groups is 1. The van der Waals surface area contributed by atoms with Crippen molar-refractivity contribution in [2.24, 2.45) is 0 Å². The number of nitrogens with zero attached hydrogens (tertiary/aromatic N) is 1. The normalized spacial score (nSPS) is 10.0. The number of quaternary nitrogens is 1. The molecule has 0 aromatic heterocycles. The van der Waals surface area contributed by atoms with Gasteiger partial charge in [-0.05, 0) is 15.9 Å². The van der Waals surface area contributed by atoms with Gasteiger partial charge in [0.1, 0.15) is 0 Å². The van der Waals surface area contributed by atoms with Crippen LogP contribution in [-0.4, -0.2) is 42.6 Å². The molecule has 0 aromatic carbocycles. The van der Waals surface area contributed by atoms with Crippen molar-refractivity contribution >= 4 is 33.3 Å². The summed E-state index contributed by atoms with van der Waals surface area (Å²) >= 11 is 6.73. The molecule has 0 aliphatic rings. The quantitative estimate of drug-likeness (QED) is 0.442. The second-order valence-electron chi connectivity index (χ2n) is 3.21. The molecule has 2 nitrogen and oxygen atoms in total. The summed E-state index contributed by atoms with van der Waals surface area (Å²) in [6, 6.07) is 0. The molecule has 0 spiro atoms. The highest BCUT2D eigenvalue weighted by Gasteiger charge is 2.01. The average molecular weight is 243 g/mol. The summed E-state index contributed by atoms with van der Waals surface area (Å²) in [4.78, 5) is 9.36. The average Bonchev–Trinajstić information content (AvgIpc) is 1.58. The van der Waals surface area contributed by atoms with E-state index in [0.29, 0.717) is 0 Å². The third-order valence-electron chi connectivity index (χ3n) is 0.771. The van der Waals surface area contributed by atoms with E-state index in [9.17, 15) is 4.79 Å². The molecule has 0 heterocycles. The van der Waals surface area contributed by atoms with Crippen molar-refractivity contribution in [3.8, 4) is 0 Å². The maximum absolute atomic E-state index is 9.36. The zero-order valence-electron chi connectivity index (χ0n) is 7.59. The van der Waals surface area contributed by atoms with Crippen LogP contribution in [0.25, 0.3) is 0 Å². The molecule has 11 heavy (non-hydrogen) atoms. The molecule has 0 unspecified atom stereocenters. The van der Waals surface area contributed by atoms with Crippen LogP contribution in [0.5, 0.6) is 0 Å². The third-order valence-corrected chi connectivity index (χ3v) is 0.971. The predicted molar refractivity (Wildman–Crippen MR) is 56.4 cm³/mol. The number of carbonyl (C=O) groups is 1. The molecule has 0 aliphatic heterocycles. The van der Waals surface area contributed by atoms with Gasteiger partial charge in [0.25, 0.3) is 0 Å². The Morgan fingerprint density at radius 3 is 1.73 bits per heavy atom. The first kappa shape index (κ1) is 14.0. The molecule has 0 N–H and O–H groups in total. The molecule has 4 heteroatoms. The van der Waals surface area contributed by atoms with Gasteiger partial charge in [0.15, 0.2) is 4.69 Å². The van der Waals surface area contributed by atoms with Crippen molar-refractivity contribution in [3.63, 3.8) is 0 Å². The number of halogens is 1. The summed E-state index contributed by atoms with van der Waals surface area (Å²) in [5.74, 6) is 0.976. The van der Waals surface area contributed by atoms with Crippen molar-refractivity contribution in [3.05, 3.63) is 0 Å². The lowest BCUT2D eigenvalue weighted by Crippen LogP contribution is -2.36. The van der Waals surface area contributed by atoms with Gasteiger partial charge < -0.3 is 4.48 Å². The summed E-state index contributed by atoms with van der Waals surface area (Å²) in [6.07, 6.45) is 0. The highest BCUT2D eigenvalue weighted by atomic mass is 79.9. The molecule has 0 amide bonds. The van der Waals surface area contributed by atoms with Gasteiger partial charge in [-0.15, -0.1) is 0 Å². The van der Waals surface area contributed by atoms with E-state index in [1.54, 1.807) is 0 Å². The maximum atomic E-state index is 9.36. The van der Waals surface area contributed by atoms with E-state index in [1.807, 2.05) is 0 Å². The van der Waals surface area contributed by atoms with Gasteiger partial charge in [0.05, 0.1) is 27.7 Å². The fraction of sp³-hybridized carbons (Fsp3) is 0.857. The first-order chi connectivity index (χ1) is 4.79. The van der Waals surface area contributed by atoms with Crippen LogP contribution in [0.15, 0.2) is 0 Å². The second kappa shape index (κ2) is 7.13. The van der Waals surface area contributed by atoms with Crippen molar-refractivity contribution in [2.75, 3.05) is 33.4 Å². The zero-order valence-corrected chi connectivity index (χ0v) is 10.1. The molecule has 0 saturated carbocycles. The lowest BCUT2D eigenvalue weighted by molar-refractivity contribution is -0.867. The highest BCUT2D eigenvalue weighted by molar-refractivity contribution is 9.18. The van der Waals surface area contributed by atoms with E-state index in [4.69, 9.17) is 0 Å². The van der Waals surface area contributed by atoms with Crippen LogP contribution in [-0.2, 0) is 4.79 Å². The van der Waals surface area contributed by atoms with Gasteiger partial charge in [0.2, 0.25) is 0 Å². The SMILES string of the molecule is CC(=O)Br.C[N+](C)(C)CCS. The Balaban J connectivity index is 0. The van der Waals surface area contributed by atoms with Crippen LogP contribution >= 0.6 is 28.6 Å². The minimum Gasteiger partial charge on any atom is -0.330 e. The molecular formula is C7H17BrNOS+. The Kier molecular flexibility index (Phi) is 9.08. The molecule has 0 atom stereocenters. The Hall–Kier alpha value is 0.460. The molecule has 0 aliphatic carbocycles. The van der Waals surface area contributed by atoms with Crippen LogP contribution in [0.3, 0.4) is 0 Å². The second-order valence-corrected chi connectivity index (χ2v) is 4.77. The number of rotatable bonds is 2. The van der Waals surface area contributed by atoms with E-state index in [-0.39, 0.29) is 4.69 Å². The fourth-order valence-corrected chi connectivity index (χ4v) is 0.900. The standard InChI is InChI=1S/C5H13NS.C2H3BrO/c1-6(2,3)4-5-7;1-2(3)4/h4-5H2,1-3H3;1H3/p+1. The van der Waals surface area contributed by atoms with Gasteiger partial charge >= 0.3 is 0 Å². The van der Waals surface area contributed by atoms with Gasteiger partial charge in [-0.25, -0.2) is 0 Å². The van der Waals surface area contributed by atoms with E-state index in [0.717, 1.165) is 16.8 Å². The first-order valence-corrected chi connectivity index (χ1v) is 4.79. The molecule has 0 aromatic rings. The van der Waals surface area contributed by atoms with Gasteiger partial charge in [0, 0.05) is 12.7 Å². The molecular weight excluding hydrogens is 226 g/mol. The Morgan fingerprint density at radius 1 is 1.45 bits per heavy atom. The van der Waals surface area contributed by atoms with Crippen LogP contribution in [0, 0.1) is 0 Å².